The van der Waals surface area contributed by atoms with Crippen LogP contribution >= 0.6 is 23.5 Å². The third-order valence-electron chi connectivity index (χ3n) is 4.05. The highest BCUT2D eigenvalue weighted by molar-refractivity contribution is 7.98. The molecule has 0 aromatic heterocycles. The van der Waals surface area contributed by atoms with E-state index < -0.39 is 12.1 Å². The van der Waals surface area contributed by atoms with Crippen LogP contribution in [0, 0.1) is 0 Å². The Labute approximate surface area is 183 Å². The number of carbonyl (C=O) groups excluding carboxylic acids is 2. The molecule has 0 aliphatic rings. The smallest absolute Gasteiger partial charge is 0.348 e. The van der Waals surface area contributed by atoms with Gasteiger partial charge in [0, 0.05) is 29.6 Å². The molecule has 4 amide bonds. The summed E-state index contributed by atoms with van der Waals surface area (Å²) < 4.78 is 7.98. The van der Waals surface area contributed by atoms with Crippen molar-refractivity contribution in [1.82, 2.24) is 14.5 Å². The number of methoxy groups -OCH3 is 1. The third kappa shape index (κ3) is 8.95. The Balaban J connectivity index is 2.85. The van der Waals surface area contributed by atoms with Crippen LogP contribution in [-0.4, -0.2) is 54.6 Å². The van der Waals surface area contributed by atoms with E-state index in [1.807, 2.05) is 6.07 Å². The topological polar surface area (TPSA) is 74.2 Å². The van der Waals surface area contributed by atoms with Crippen molar-refractivity contribution < 1.29 is 14.3 Å². The number of nitrogens with one attached hydrogen (secondary N) is 1. The summed E-state index contributed by atoms with van der Waals surface area (Å²) in [6, 6.07) is 6.29. The van der Waals surface area contributed by atoms with Gasteiger partial charge in [-0.2, -0.15) is 0 Å². The van der Waals surface area contributed by atoms with Gasteiger partial charge < -0.3 is 9.64 Å². The molecule has 0 aliphatic heterocycles. The number of halogens is 1. The van der Waals surface area contributed by atoms with Crippen molar-refractivity contribution in [3.63, 3.8) is 0 Å². The highest BCUT2D eigenvalue weighted by Gasteiger charge is 2.22. The first-order valence-corrected chi connectivity index (χ1v) is 11.1. The van der Waals surface area contributed by atoms with Crippen LogP contribution in [0.15, 0.2) is 34.2 Å². The predicted molar refractivity (Wildman–Crippen MR) is 119 cm³/mol. The van der Waals surface area contributed by atoms with Gasteiger partial charge >= 0.3 is 18.1 Å². The molecular weight excluding hydrogens is 412 g/mol. The van der Waals surface area contributed by atoms with E-state index in [4.69, 9.17) is 16.3 Å². The van der Waals surface area contributed by atoms with E-state index in [2.05, 4.69) is 23.6 Å². The van der Waals surface area contributed by atoms with Gasteiger partial charge in [0.1, 0.15) is 0 Å². The minimum Gasteiger partial charge on any atom is -0.468 e. The van der Waals surface area contributed by atoms with E-state index >= 15 is 0 Å². The lowest BCUT2D eigenvalue weighted by Gasteiger charge is -2.23. The van der Waals surface area contributed by atoms with E-state index in [-0.39, 0.29) is 6.02 Å². The molecule has 1 aromatic rings. The number of rotatable bonds is 9. The van der Waals surface area contributed by atoms with Crippen molar-refractivity contribution >= 4 is 41.6 Å². The van der Waals surface area contributed by atoms with Crippen LogP contribution in [0.2, 0.25) is 5.02 Å². The number of hydrogen-bond acceptors (Lipinski definition) is 4. The van der Waals surface area contributed by atoms with Crippen LogP contribution in [0.25, 0.3) is 0 Å². The number of hydrogen-bond donors (Lipinski definition) is 1. The zero-order chi connectivity index (χ0) is 21.6. The molecule has 0 atom stereocenters. The van der Waals surface area contributed by atoms with Crippen LogP contribution in [-0.2, 0) is 4.74 Å². The van der Waals surface area contributed by atoms with Gasteiger partial charge in [-0.05, 0) is 49.9 Å². The number of aliphatic imine (C=N–C) groups is 1. The van der Waals surface area contributed by atoms with Crippen LogP contribution < -0.4 is 4.72 Å². The molecule has 0 spiro atoms. The molecule has 29 heavy (non-hydrogen) atoms. The summed E-state index contributed by atoms with van der Waals surface area (Å²) in [6.07, 6.45) is 3.78. The Kier molecular flexibility index (Phi) is 12.2. The van der Waals surface area contributed by atoms with Gasteiger partial charge in [-0.25, -0.2) is 14.5 Å². The standard InChI is InChI=1S/C20H31ClN4O3S/c1-5-8-13-24(14-9-6-2)18(26)22-20(28-4)25(7-3)19(27)23-29-17-12-10-11-16(21)15-17/h10-12,15H,5-9,13-14H2,1-4H3,(H,23,27). The predicted octanol–water partition coefficient (Wildman–Crippen LogP) is 5.40. The Bertz CT molecular complexity index is 679. The second-order valence-electron chi connectivity index (χ2n) is 6.29. The molecular formula is C20H31ClN4O3S. The van der Waals surface area contributed by atoms with Gasteiger partial charge in [-0.1, -0.05) is 44.4 Å². The monoisotopic (exact) mass is 442 g/mol. The molecule has 1 N–H and O–H groups in total. The quantitative estimate of drug-likeness (QED) is 0.315. The Morgan fingerprint density at radius 2 is 1.83 bits per heavy atom. The highest BCUT2D eigenvalue weighted by Crippen LogP contribution is 2.19. The van der Waals surface area contributed by atoms with Crippen molar-refractivity contribution in [2.45, 2.75) is 51.3 Å². The zero-order valence-corrected chi connectivity index (χ0v) is 19.2. The minimum atomic E-state index is -0.431. The summed E-state index contributed by atoms with van der Waals surface area (Å²) in [5.41, 5.74) is 0. The van der Waals surface area contributed by atoms with Crippen LogP contribution in [0.5, 0.6) is 0 Å². The average Bonchev–Trinajstić information content (AvgIpc) is 2.72. The molecule has 1 rings (SSSR count). The molecule has 9 heteroatoms. The lowest BCUT2D eigenvalue weighted by Crippen LogP contribution is -2.43. The van der Waals surface area contributed by atoms with Crippen molar-refractivity contribution in [2.24, 2.45) is 4.99 Å². The van der Waals surface area contributed by atoms with Crippen molar-refractivity contribution in [3.05, 3.63) is 29.3 Å². The summed E-state index contributed by atoms with van der Waals surface area (Å²) in [7, 11) is 1.40. The Morgan fingerprint density at radius 1 is 1.17 bits per heavy atom. The van der Waals surface area contributed by atoms with Crippen LogP contribution in [0.3, 0.4) is 0 Å². The molecule has 7 nitrogen and oxygen atoms in total. The largest absolute Gasteiger partial charge is 0.468 e. The molecule has 1 aromatic carbocycles. The number of unbranched alkanes of at least 4 members (excludes halogenated alkanes) is 2. The zero-order valence-electron chi connectivity index (χ0n) is 17.6. The molecule has 0 aliphatic carbocycles. The van der Waals surface area contributed by atoms with E-state index in [0.29, 0.717) is 24.7 Å². The Hall–Kier alpha value is -1.93. The van der Waals surface area contributed by atoms with E-state index in [9.17, 15) is 9.59 Å². The number of amidine groups is 1. The first-order chi connectivity index (χ1) is 14.0. The van der Waals surface area contributed by atoms with E-state index in [1.54, 1.807) is 30.0 Å². The second kappa shape index (κ2) is 14.1. The van der Waals surface area contributed by atoms with Crippen molar-refractivity contribution in [3.8, 4) is 0 Å². The Morgan fingerprint density at radius 3 is 2.34 bits per heavy atom. The lowest BCUT2D eigenvalue weighted by molar-refractivity contribution is 0.201. The van der Waals surface area contributed by atoms with Gasteiger partial charge in [0.2, 0.25) is 0 Å². The fraction of sp³-hybridized carbons (Fsp3) is 0.550. The van der Waals surface area contributed by atoms with E-state index in [1.165, 1.54) is 12.0 Å². The number of nitrogens with zero attached hydrogens (tertiary/aromatic N) is 3. The first-order valence-electron chi connectivity index (χ1n) is 9.88. The summed E-state index contributed by atoms with van der Waals surface area (Å²) in [6.45, 7) is 7.51. The number of ether oxygens (including phenoxy) is 1. The van der Waals surface area contributed by atoms with Gasteiger partial charge in [0.15, 0.2) is 0 Å². The lowest BCUT2D eigenvalue weighted by atomic mass is 10.3. The number of urea groups is 2. The minimum absolute atomic E-state index is 0.0281. The summed E-state index contributed by atoms with van der Waals surface area (Å²) in [4.78, 5) is 33.1. The molecule has 0 radical (unpaired) electrons. The average molecular weight is 443 g/mol. The fourth-order valence-corrected chi connectivity index (χ4v) is 3.33. The van der Waals surface area contributed by atoms with Crippen molar-refractivity contribution in [1.29, 1.82) is 0 Å². The normalized spacial score (nSPS) is 11.1. The number of carbonyl (C=O) groups is 2. The van der Waals surface area contributed by atoms with Gasteiger partial charge in [-0.15, -0.1) is 4.99 Å². The molecule has 0 saturated heterocycles. The molecule has 0 fully saturated rings. The maximum Gasteiger partial charge on any atom is 0.348 e. The SMILES string of the molecule is CCCCN(CCCC)C(=O)N=C(OC)N(CC)C(=O)NSc1cccc(Cl)c1. The van der Waals surface area contributed by atoms with Crippen LogP contribution in [0.1, 0.15) is 46.5 Å². The van der Waals surface area contributed by atoms with Crippen LogP contribution in [0.4, 0.5) is 9.59 Å². The molecule has 0 unspecified atom stereocenters. The summed E-state index contributed by atoms with van der Waals surface area (Å²) in [5.74, 6) is 0. The molecule has 162 valence electrons. The molecule has 0 bridgehead atoms. The highest BCUT2D eigenvalue weighted by atomic mass is 35.5. The summed E-state index contributed by atoms with van der Waals surface area (Å²) in [5, 5.41) is 0.584. The molecule has 0 saturated carbocycles. The van der Waals surface area contributed by atoms with Gasteiger partial charge in [0.25, 0.3) is 0 Å². The van der Waals surface area contributed by atoms with Crippen molar-refractivity contribution in [2.75, 3.05) is 26.7 Å². The maximum atomic E-state index is 12.7. The first kappa shape index (κ1) is 25.1. The fourth-order valence-electron chi connectivity index (χ4n) is 2.42. The van der Waals surface area contributed by atoms with E-state index in [0.717, 1.165) is 42.5 Å². The number of amides is 4. The third-order valence-corrected chi connectivity index (χ3v) is 5.05. The van der Waals surface area contributed by atoms with Gasteiger partial charge in [-0.3, -0.25) is 4.72 Å². The number of benzene rings is 1. The van der Waals surface area contributed by atoms with Gasteiger partial charge in [0.05, 0.1) is 7.11 Å². The maximum absolute atomic E-state index is 12.7. The second-order valence-corrected chi connectivity index (χ2v) is 7.60. The summed E-state index contributed by atoms with van der Waals surface area (Å²) >= 11 is 7.09. The molecule has 0 heterocycles.